The molecule has 0 bridgehead atoms. The molecule has 0 spiro atoms. The van der Waals surface area contributed by atoms with Gasteiger partial charge in [0.2, 0.25) is 0 Å². The number of ether oxygens (including phenoxy) is 1. The van der Waals surface area contributed by atoms with Gasteiger partial charge in [-0.05, 0) is 80.8 Å². The number of nitrogens with zero attached hydrogens (tertiary/aromatic N) is 2. The lowest BCUT2D eigenvalue weighted by Crippen LogP contribution is -2.51. The SMILES string of the molecule is O=C(N[C@@H]1CCC[C@H]1N1CCC(Cc2ccc(Cl)cc2)CC1)OCc1cccc([N+](=O)[O-])c1. The fraction of sp³-hybridized carbons (Fsp3) is 0.480. The van der Waals surface area contributed by atoms with E-state index in [2.05, 4.69) is 22.3 Å². The molecule has 2 aromatic carbocycles. The first-order valence-corrected chi connectivity index (χ1v) is 12.0. The Morgan fingerprint density at radius 2 is 1.85 bits per heavy atom. The van der Waals surface area contributed by atoms with Crippen LogP contribution < -0.4 is 5.32 Å². The molecule has 0 aromatic heterocycles. The number of likely N-dealkylation sites (tertiary alicyclic amines) is 1. The molecule has 1 amide bonds. The van der Waals surface area contributed by atoms with Gasteiger partial charge in [0.05, 0.1) is 4.92 Å². The molecule has 33 heavy (non-hydrogen) atoms. The van der Waals surface area contributed by atoms with Gasteiger partial charge in [-0.3, -0.25) is 15.0 Å². The zero-order valence-corrected chi connectivity index (χ0v) is 19.4. The summed E-state index contributed by atoms with van der Waals surface area (Å²) >= 11 is 5.99. The van der Waals surface area contributed by atoms with E-state index >= 15 is 0 Å². The Hall–Kier alpha value is -2.64. The van der Waals surface area contributed by atoms with Crippen molar-refractivity contribution in [1.82, 2.24) is 10.2 Å². The maximum absolute atomic E-state index is 12.4. The summed E-state index contributed by atoms with van der Waals surface area (Å²) in [6, 6.07) is 14.7. The number of carbonyl (C=O) groups excluding carboxylic acids is 1. The summed E-state index contributed by atoms with van der Waals surface area (Å²) in [5.41, 5.74) is 1.93. The summed E-state index contributed by atoms with van der Waals surface area (Å²) in [6.07, 6.45) is 6.05. The molecule has 1 saturated carbocycles. The van der Waals surface area contributed by atoms with Crippen molar-refractivity contribution in [2.75, 3.05) is 13.1 Å². The summed E-state index contributed by atoms with van der Waals surface area (Å²) in [6.45, 7) is 2.11. The van der Waals surface area contributed by atoms with E-state index < -0.39 is 11.0 Å². The number of benzene rings is 2. The Bertz CT molecular complexity index is 960. The van der Waals surface area contributed by atoms with Crippen molar-refractivity contribution in [3.05, 3.63) is 74.8 Å². The van der Waals surface area contributed by atoms with Crippen LogP contribution >= 0.6 is 11.6 Å². The smallest absolute Gasteiger partial charge is 0.407 e. The number of nitrogens with one attached hydrogen (secondary N) is 1. The second kappa shape index (κ2) is 11.0. The van der Waals surface area contributed by atoms with Gasteiger partial charge >= 0.3 is 6.09 Å². The average molecular weight is 472 g/mol. The largest absolute Gasteiger partial charge is 0.445 e. The molecule has 2 atom stereocenters. The molecular formula is C25H30ClN3O4. The molecule has 1 aliphatic carbocycles. The van der Waals surface area contributed by atoms with E-state index in [4.69, 9.17) is 16.3 Å². The van der Waals surface area contributed by atoms with Gasteiger partial charge in [0.25, 0.3) is 5.69 Å². The summed E-state index contributed by atoms with van der Waals surface area (Å²) < 4.78 is 5.35. The van der Waals surface area contributed by atoms with Gasteiger partial charge in [0.1, 0.15) is 6.61 Å². The highest BCUT2D eigenvalue weighted by Gasteiger charge is 2.35. The molecule has 0 unspecified atom stereocenters. The molecule has 2 fully saturated rings. The summed E-state index contributed by atoms with van der Waals surface area (Å²) in [5, 5.41) is 14.7. The minimum absolute atomic E-state index is 0.00756. The minimum atomic E-state index is -0.462. The van der Waals surface area contributed by atoms with Crippen molar-refractivity contribution >= 4 is 23.4 Å². The van der Waals surface area contributed by atoms with Crippen LogP contribution in [0.3, 0.4) is 0 Å². The normalized spacial score (nSPS) is 21.6. The van der Waals surface area contributed by atoms with Gasteiger partial charge in [-0.2, -0.15) is 0 Å². The zero-order chi connectivity index (χ0) is 23.2. The lowest BCUT2D eigenvalue weighted by atomic mass is 9.89. The van der Waals surface area contributed by atoms with E-state index in [1.807, 2.05) is 12.1 Å². The maximum atomic E-state index is 12.4. The van der Waals surface area contributed by atoms with Gasteiger partial charge in [0.15, 0.2) is 0 Å². The lowest BCUT2D eigenvalue weighted by molar-refractivity contribution is -0.384. The molecule has 2 aromatic rings. The first kappa shape index (κ1) is 23.5. The Kier molecular flexibility index (Phi) is 7.83. The van der Waals surface area contributed by atoms with E-state index in [0.717, 1.165) is 56.6 Å². The summed E-state index contributed by atoms with van der Waals surface area (Å²) in [4.78, 5) is 25.4. The van der Waals surface area contributed by atoms with Crippen LogP contribution in [0.2, 0.25) is 5.02 Å². The van der Waals surface area contributed by atoms with Crippen LogP contribution in [-0.2, 0) is 17.8 Å². The van der Waals surface area contributed by atoms with Crippen molar-refractivity contribution in [3.63, 3.8) is 0 Å². The highest BCUT2D eigenvalue weighted by atomic mass is 35.5. The Morgan fingerprint density at radius 3 is 2.58 bits per heavy atom. The number of carbonyl (C=O) groups is 1. The van der Waals surface area contributed by atoms with Gasteiger partial charge in [-0.15, -0.1) is 0 Å². The average Bonchev–Trinajstić information content (AvgIpc) is 3.28. The van der Waals surface area contributed by atoms with Crippen LogP contribution in [0.15, 0.2) is 48.5 Å². The first-order valence-electron chi connectivity index (χ1n) is 11.6. The number of nitro benzene ring substituents is 1. The number of piperidine rings is 1. The zero-order valence-electron chi connectivity index (χ0n) is 18.6. The molecule has 2 aliphatic rings. The standard InChI is InChI=1S/C25H30ClN3O4/c26-21-9-7-18(8-10-21)15-19-11-13-28(14-12-19)24-6-2-5-23(24)27-25(30)33-17-20-3-1-4-22(16-20)29(31)32/h1,3-4,7-10,16,19,23-24H,2,5-6,11-15,17H2,(H,27,30)/t23-,24-/m1/s1. The molecule has 8 heteroatoms. The number of nitro groups is 1. The minimum Gasteiger partial charge on any atom is -0.445 e. The second-order valence-electron chi connectivity index (χ2n) is 9.06. The molecular weight excluding hydrogens is 442 g/mol. The first-order chi connectivity index (χ1) is 16.0. The number of hydrogen-bond donors (Lipinski definition) is 1. The van der Waals surface area contributed by atoms with Crippen molar-refractivity contribution in [2.24, 2.45) is 5.92 Å². The third kappa shape index (κ3) is 6.45. The molecule has 176 valence electrons. The number of alkyl carbamates (subject to hydrolysis) is 1. The summed E-state index contributed by atoms with van der Waals surface area (Å²) in [7, 11) is 0. The van der Waals surface area contributed by atoms with E-state index in [1.54, 1.807) is 12.1 Å². The molecule has 1 N–H and O–H groups in total. The highest BCUT2D eigenvalue weighted by Crippen LogP contribution is 2.30. The van der Waals surface area contributed by atoms with E-state index in [0.29, 0.717) is 17.5 Å². The Morgan fingerprint density at radius 1 is 1.09 bits per heavy atom. The molecule has 7 nitrogen and oxygen atoms in total. The number of hydrogen-bond acceptors (Lipinski definition) is 5. The fourth-order valence-electron chi connectivity index (χ4n) is 5.09. The maximum Gasteiger partial charge on any atom is 0.407 e. The third-order valence-electron chi connectivity index (χ3n) is 6.83. The Labute approximate surface area is 199 Å². The molecule has 1 saturated heterocycles. The molecule has 1 heterocycles. The quantitative estimate of drug-likeness (QED) is 0.434. The van der Waals surface area contributed by atoms with Gasteiger partial charge in [-0.25, -0.2) is 4.79 Å². The van der Waals surface area contributed by atoms with E-state index in [9.17, 15) is 14.9 Å². The highest BCUT2D eigenvalue weighted by molar-refractivity contribution is 6.30. The van der Waals surface area contributed by atoms with Crippen molar-refractivity contribution in [3.8, 4) is 0 Å². The number of amides is 1. The van der Waals surface area contributed by atoms with Gasteiger partial charge in [0, 0.05) is 29.2 Å². The Balaban J connectivity index is 1.23. The third-order valence-corrected chi connectivity index (χ3v) is 7.08. The van der Waals surface area contributed by atoms with Crippen molar-refractivity contribution in [2.45, 2.75) is 57.2 Å². The number of non-ortho nitro benzene ring substituents is 1. The van der Waals surface area contributed by atoms with Gasteiger partial charge in [-0.1, -0.05) is 35.9 Å². The fourth-order valence-corrected chi connectivity index (χ4v) is 5.22. The van der Waals surface area contributed by atoms with Crippen LogP contribution in [-0.4, -0.2) is 41.1 Å². The second-order valence-corrected chi connectivity index (χ2v) is 9.50. The topological polar surface area (TPSA) is 84.7 Å². The predicted octanol–water partition coefficient (Wildman–Crippen LogP) is 5.35. The number of halogens is 1. The van der Waals surface area contributed by atoms with Crippen molar-refractivity contribution in [1.29, 1.82) is 0 Å². The molecule has 4 rings (SSSR count). The van der Waals surface area contributed by atoms with Crippen LogP contribution in [0, 0.1) is 16.0 Å². The number of rotatable bonds is 7. The lowest BCUT2D eigenvalue weighted by Gasteiger charge is -2.38. The van der Waals surface area contributed by atoms with Gasteiger partial charge < -0.3 is 10.1 Å². The molecule has 1 aliphatic heterocycles. The monoisotopic (exact) mass is 471 g/mol. The van der Waals surface area contributed by atoms with E-state index in [1.165, 1.54) is 17.7 Å². The van der Waals surface area contributed by atoms with Crippen LogP contribution in [0.4, 0.5) is 10.5 Å². The molecule has 0 radical (unpaired) electrons. The van der Waals surface area contributed by atoms with Crippen LogP contribution in [0.1, 0.15) is 43.2 Å². The summed E-state index contributed by atoms with van der Waals surface area (Å²) in [5.74, 6) is 0.676. The van der Waals surface area contributed by atoms with Crippen LogP contribution in [0.25, 0.3) is 0 Å². The van der Waals surface area contributed by atoms with Crippen molar-refractivity contribution < 1.29 is 14.5 Å². The predicted molar refractivity (Wildman–Crippen MR) is 127 cm³/mol. The van der Waals surface area contributed by atoms with Crippen LogP contribution in [0.5, 0.6) is 0 Å². The van der Waals surface area contributed by atoms with E-state index in [-0.39, 0.29) is 18.3 Å².